The van der Waals surface area contributed by atoms with Crippen LogP contribution in [0, 0.1) is 0 Å². The molecule has 178 valence electrons. The summed E-state index contributed by atoms with van der Waals surface area (Å²) >= 11 is 1.64. The molecule has 10 nitrogen and oxygen atoms in total. The average molecular weight is 493 g/mol. The van der Waals surface area contributed by atoms with E-state index >= 15 is 0 Å². The lowest BCUT2D eigenvalue weighted by Gasteiger charge is -2.19. The van der Waals surface area contributed by atoms with Crippen molar-refractivity contribution in [2.45, 2.75) is 37.8 Å². The molecule has 0 aromatic carbocycles. The summed E-state index contributed by atoms with van der Waals surface area (Å²) < 4.78 is 29.8. The van der Waals surface area contributed by atoms with Gasteiger partial charge >= 0.3 is 0 Å². The van der Waals surface area contributed by atoms with Crippen LogP contribution in [0.15, 0.2) is 52.4 Å². The third-order valence-electron chi connectivity index (χ3n) is 5.21. The maximum atomic E-state index is 12.9. The summed E-state index contributed by atoms with van der Waals surface area (Å²) in [6.07, 6.45) is 5.64. The molecule has 0 radical (unpaired) electrons. The highest BCUT2D eigenvalue weighted by Crippen LogP contribution is 2.18. The monoisotopic (exact) mass is 492 g/mol. The van der Waals surface area contributed by atoms with Crippen molar-refractivity contribution in [1.82, 2.24) is 28.8 Å². The molecule has 0 spiro atoms. The second-order valence-electron chi connectivity index (χ2n) is 7.31. The van der Waals surface area contributed by atoms with E-state index in [1.165, 1.54) is 22.6 Å². The van der Waals surface area contributed by atoms with Gasteiger partial charge in [0.15, 0.2) is 11.5 Å². The lowest BCUT2D eigenvalue weighted by atomic mass is 10.2. The predicted molar refractivity (Wildman–Crippen MR) is 128 cm³/mol. The molecular weight excluding hydrogens is 464 g/mol. The molecule has 1 atom stereocenters. The van der Waals surface area contributed by atoms with Gasteiger partial charge in [0.2, 0.25) is 15.9 Å². The molecule has 0 saturated heterocycles. The second-order valence-corrected chi connectivity index (χ2v) is 10.2. The number of nitrogens with zero attached hydrogens (tertiary/aromatic N) is 5. The van der Waals surface area contributed by atoms with Crippen LogP contribution in [0.25, 0.3) is 5.65 Å². The summed E-state index contributed by atoms with van der Waals surface area (Å²) in [7, 11) is -3.75. The Kier molecular flexibility index (Phi) is 8.27. The number of pyridine rings is 2. The fourth-order valence-corrected chi connectivity index (χ4v) is 5.44. The minimum atomic E-state index is -3.75. The van der Waals surface area contributed by atoms with Crippen LogP contribution < -0.4 is 10.9 Å². The topological polar surface area (TPSA) is 119 Å². The first kappa shape index (κ1) is 24.9. The number of aromatic nitrogens is 4. The predicted octanol–water partition coefficient (Wildman–Crippen LogP) is 1.53. The second kappa shape index (κ2) is 10.9. The molecule has 3 aromatic rings. The minimum absolute atomic E-state index is 0.0269. The Morgan fingerprint density at radius 1 is 1.18 bits per heavy atom. The lowest BCUT2D eigenvalue weighted by Crippen LogP contribution is -2.36. The van der Waals surface area contributed by atoms with Crippen molar-refractivity contribution in [3.05, 3.63) is 58.9 Å². The van der Waals surface area contributed by atoms with Gasteiger partial charge in [0.05, 0.1) is 10.9 Å². The number of carbonyl (C=O) groups is 1. The molecule has 3 aromatic heterocycles. The summed E-state index contributed by atoms with van der Waals surface area (Å²) in [5, 5.41) is 11.3. The third kappa shape index (κ3) is 5.63. The summed E-state index contributed by atoms with van der Waals surface area (Å²) in [5.41, 5.74) is 0.207. The van der Waals surface area contributed by atoms with Crippen molar-refractivity contribution in [3.8, 4) is 0 Å². The summed E-state index contributed by atoms with van der Waals surface area (Å²) in [5.74, 6) is 0.955. The molecule has 0 aliphatic rings. The first-order chi connectivity index (χ1) is 15.8. The van der Waals surface area contributed by atoms with Crippen molar-refractivity contribution in [3.63, 3.8) is 0 Å². The Bertz CT molecular complexity index is 1270. The summed E-state index contributed by atoms with van der Waals surface area (Å²) in [6, 6.07) is 7.56. The molecule has 0 fully saturated rings. The number of fused-ring (bicyclic) bond motifs is 1. The largest absolute Gasteiger partial charge is 0.344 e. The highest BCUT2D eigenvalue weighted by Gasteiger charge is 2.24. The maximum absolute atomic E-state index is 12.9. The van der Waals surface area contributed by atoms with Crippen LogP contribution in [0.3, 0.4) is 0 Å². The van der Waals surface area contributed by atoms with Crippen LogP contribution in [0.4, 0.5) is 0 Å². The Hall–Kier alpha value is -2.70. The minimum Gasteiger partial charge on any atom is -0.344 e. The van der Waals surface area contributed by atoms with Gasteiger partial charge in [-0.1, -0.05) is 19.9 Å². The zero-order chi connectivity index (χ0) is 24.0. The Balaban J connectivity index is 1.84. The molecule has 1 unspecified atom stereocenters. The summed E-state index contributed by atoms with van der Waals surface area (Å²) in [4.78, 5) is 25.2. The molecule has 0 saturated carbocycles. The van der Waals surface area contributed by atoms with Crippen LogP contribution in [-0.2, 0) is 21.4 Å². The van der Waals surface area contributed by atoms with Gasteiger partial charge in [-0.05, 0) is 36.6 Å². The van der Waals surface area contributed by atoms with E-state index in [0.29, 0.717) is 31.0 Å². The summed E-state index contributed by atoms with van der Waals surface area (Å²) in [6.45, 7) is 3.79. The van der Waals surface area contributed by atoms with Gasteiger partial charge in [-0.3, -0.25) is 14.0 Å². The molecule has 33 heavy (non-hydrogen) atoms. The normalized spacial score (nSPS) is 12.8. The molecule has 12 heteroatoms. The van der Waals surface area contributed by atoms with E-state index < -0.39 is 27.5 Å². The van der Waals surface area contributed by atoms with Gasteiger partial charge in [-0.25, -0.2) is 8.42 Å². The van der Waals surface area contributed by atoms with Crippen LogP contribution in [0.1, 0.15) is 32.1 Å². The van der Waals surface area contributed by atoms with E-state index in [0.717, 1.165) is 10.3 Å². The van der Waals surface area contributed by atoms with Crippen LogP contribution in [-0.4, -0.2) is 62.9 Å². The smallest absolute Gasteiger partial charge is 0.251 e. The SMILES string of the molecule is CCN(CC)S(=O)(=O)c1ccc(=O)n(CC(=O)NC(CCSC)c2nnc3ccccn23)c1. The fourth-order valence-electron chi connectivity index (χ4n) is 3.49. The number of hydrogen-bond acceptors (Lipinski definition) is 7. The number of rotatable bonds is 11. The zero-order valence-corrected chi connectivity index (χ0v) is 20.5. The van der Waals surface area contributed by atoms with Crippen molar-refractivity contribution in [2.75, 3.05) is 25.1 Å². The molecule has 1 amide bonds. The van der Waals surface area contributed by atoms with Gasteiger partial charge in [0.25, 0.3) is 5.56 Å². The van der Waals surface area contributed by atoms with Gasteiger partial charge in [-0.2, -0.15) is 16.1 Å². The van der Waals surface area contributed by atoms with Crippen LogP contribution in [0.5, 0.6) is 0 Å². The van der Waals surface area contributed by atoms with Gasteiger partial charge in [0, 0.05) is 31.5 Å². The number of nitrogens with one attached hydrogen (secondary N) is 1. The molecule has 3 heterocycles. The first-order valence-electron chi connectivity index (χ1n) is 10.6. The molecule has 0 aliphatic heterocycles. The molecule has 1 N–H and O–H groups in total. The Labute approximate surface area is 197 Å². The fraction of sp³-hybridized carbons (Fsp3) is 0.429. The number of hydrogen-bond donors (Lipinski definition) is 1. The zero-order valence-electron chi connectivity index (χ0n) is 18.8. The van der Waals surface area contributed by atoms with Crippen molar-refractivity contribution >= 4 is 33.3 Å². The van der Waals surface area contributed by atoms with Crippen LogP contribution in [0.2, 0.25) is 0 Å². The van der Waals surface area contributed by atoms with E-state index in [9.17, 15) is 18.0 Å². The molecular formula is C21H28N6O4S2. The number of carbonyl (C=O) groups excluding carboxylic acids is 1. The molecule has 0 aliphatic carbocycles. The number of sulfonamides is 1. The van der Waals surface area contributed by atoms with Gasteiger partial charge in [-0.15, -0.1) is 10.2 Å². The molecule has 0 bridgehead atoms. The number of thioether (sulfide) groups is 1. The van der Waals surface area contributed by atoms with E-state index in [1.54, 1.807) is 25.6 Å². The Morgan fingerprint density at radius 3 is 2.64 bits per heavy atom. The van der Waals surface area contributed by atoms with E-state index in [1.807, 2.05) is 35.1 Å². The van der Waals surface area contributed by atoms with Gasteiger partial charge in [0.1, 0.15) is 6.54 Å². The lowest BCUT2D eigenvalue weighted by molar-refractivity contribution is -0.122. The standard InChI is InChI=1S/C21H28N6O4S2/c1-4-26(5-2)33(30,31)16-9-10-20(29)25(14-16)15-19(28)22-17(11-13-32-3)21-24-23-18-8-6-7-12-27(18)21/h6-10,12,14,17H,4-5,11,13,15H2,1-3H3,(H,22,28). The highest BCUT2D eigenvalue weighted by molar-refractivity contribution is 7.98. The van der Waals surface area contributed by atoms with E-state index in [2.05, 4.69) is 15.5 Å². The third-order valence-corrected chi connectivity index (χ3v) is 7.89. The quantitative estimate of drug-likeness (QED) is 0.431. The maximum Gasteiger partial charge on any atom is 0.251 e. The average Bonchev–Trinajstić information content (AvgIpc) is 3.22. The Morgan fingerprint density at radius 2 is 1.94 bits per heavy atom. The van der Waals surface area contributed by atoms with Crippen molar-refractivity contribution in [2.24, 2.45) is 0 Å². The van der Waals surface area contributed by atoms with Crippen molar-refractivity contribution in [1.29, 1.82) is 0 Å². The van der Waals surface area contributed by atoms with Crippen LogP contribution >= 0.6 is 11.8 Å². The van der Waals surface area contributed by atoms with E-state index in [-0.39, 0.29) is 11.4 Å². The van der Waals surface area contributed by atoms with Crippen molar-refractivity contribution < 1.29 is 13.2 Å². The highest BCUT2D eigenvalue weighted by atomic mass is 32.2. The first-order valence-corrected chi connectivity index (χ1v) is 13.4. The van der Waals surface area contributed by atoms with E-state index in [4.69, 9.17) is 0 Å². The van der Waals surface area contributed by atoms with Gasteiger partial charge < -0.3 is 9.88 Å². The molecule has 3 rings (SSSR count). The number of amides is 1.